The number of carbonyl (C=O) groups excluding carboxylic acids is 1. The fraction of sp³-hybridized carbons (Fsp3) is 0.467. The van der Waals surface area contributed by atoms with Crippen LogP contribution < -0.4 is 10.9 Å². The predicted octanol–water partition coefficient (Wildman–Crippen LogP) is 2.10. The third-order valence-electron chi connectivity index (χ3n) is 2.61. The molecule has 0 saturated carbocycles. The zero-order valence-electron chi connectivity index (χ0n) is 12.6. The van der Waals surface area contributed by atoms with Gasteiger partial charge in [0.1, 0.15) is 11.6 Å². The van der Waals surface area contributed by atoms with Gasteiger partial charge in [0.25, 0.3) is 0 Å². The summed E-state index contributed by atoms with van der Waals surface area (Å²) in [5.74, 6) is -1.03. The first-order valence-electron chi connectivity index (χ1n) is 6.79. The molecule has 0 aliphatic rings. The molecule has 0 aliphatic carbocycles. The van der Waals surface area contributed by atoms with Crippen LogP contribution in [0.15, 0.2) is 30.3 Å². The van der Waals surface area contributed by atoms with Gasteiger partial charge in [0.15, 0.2) is 0 Å². The quantitative estimate of drug-likeness (QED) is 0.699. The van der Waals surface area contributed by atoms with Crippen molar-refractivity contribution < 1.29 is 19.4 Å². The van der Waals surface area contributed by atoms with Gasteiger partial charge < -0.3 is 9.84 Å². The number of amides is 1. The summed E-state index contributed by atoms with van der Waals surface area (Å²) in [6, 6.07) is 8.69. The van der Waals surface area contributed by atoms with Gasteiger partial charge in [-0.2, -0.15) is 0 Å². The molecule has 0 radical (unpaired) electrons. The maximum atomic E-state index is 11.5. The molecule has 6 nitrogen and oxygen atoms in total. The number of benzene rings is 1. The molecule has 6 heteroatoms. The van der Waals surface area contributed by atoms with Gasteiger partial charge in [-0.25, -0.2) is 10.2 Å². The van der Waals surface area contributed by atoms with E-state index < -0.39 is 23.7 Å². The first-order chi connectivity index (χ1) is 9.78. The van der Waals surface area contributed by atoms with E-state index in [1.54, 1.807) is 20.8 Å². The van der Waals surface area contributed by atoms with Crippen LogP contribution in [0.2, 0.25) is 0 Å². The van der Waals surface area contributed by atoms with E-state index in [-0.39, 0.29) is 0 Å². The second-order valence-electron chi connectivity index (χ2n) is 5.69. The molecule has 1 rings (SSSR count). The van der Waals surface area contributed by atoms with Crippen LogP contribution in [0.25, 0.3) is 0 Å². The predicted molar refractivity (Wildman–Crippen MR) is 78.7 cm³/mol. The molecule has 116 valence electrons. The van der Waals surface area contributed by atoms with Gasteiger partial charge in [-0.3, -0.25) is 10.2 Å². The minimum absolute atomic E-state index is 0.356. The van der Waals surface area contributed by atoms with Crippen molar-refractivity contribution in [3.8, 4) is 0 Å². The molecule has 3 N–H and O–H groups in total. The molecule has 0 fully saturated rings. The highest BCUT2D eigenvalue weighted by molar-refractivity contribution is 5.74. The fourth-order valence-corrected chi connectivity index (χ4v) is 1.66. The Bertz CT molecular complexity index is 468. The van der Waals surface area contributed by atoms with Crippen LogP contribution in [0.4, 0.5) is 4.79 Å². The van der Waals surface area contributed by atoms with Gasteiger partial charge >= 0.3 is 12.1 Å². The maximum absolute atomic E-state index is 11.5. The Labute approximate surface area is 124 Å². The van der Waals surface area contributed by atoms with E-state index in [1.165, 1.54) is 0 Å². The first kappa shape index (κ1) is 17.0. The van der Waals surface area contributed by atoms with Crippen LogP contribution in [-0.2, 0) is 16.0 Å². The summed E-state index contributed by atoms with van der Waals surface area (Å²) >= 11 is 0. The average Bonchev–Trinajstić information content (AvgIpc) is 2.37. The Morgan fingerprint density at radius 3 is 2.38 bits per heavy atom. The molecule has 0 aromatic heterocycles. The van der Waals surface area contributed by atoms with E-state index in [4.69, 9.17) is 9.84 Å². The Balaban J connectivity index is 2.44. The lowest BCUT2D eigenvalue weighted by atomic mass is 10.1. The average molecular weight is 294 g/mol. The standard InChI is InChI=1S/C15H22N2O4/c1-15(2,3)21-14(20)17-16-12(13(18)19)10-9-11-7-5-4-6-8-11/h4-8,12,16H,9-10H2,1-3H3,(H,17,20)(H,18,19). The van der Waals surface area contributed by atoms with Crippen molar-refractivity contribution in [1.29, 1.82) is 0 Å². The summed E-state index contributed by atoms with van der Waals surface area (Å²) in [4.78, 5) is 22.6. The number of hydrazine groups is 1. The second-order valence-corrected chi connectivity index (χ2v) is 5.69. The van der Waals surface area contributed by atoms with Crippen LogP contribution in [0.1, 0.15) is 32.8 Å². The summed E-state index contributed by atoms with van der Waals surface area (Å²) in [5.41, 5.74) is 5.17. The minimum Gasteiger partial charge on any atom is -0.480 e. The lowest BCUT2D eigenvalue weighted by Gasteiger charge is -2.21. The smallest absolute Gasteiger partial charge is 0.422 e. The number of carboxylic acid groups (broad SMARTS) is 1. The molecule has 0 spiro atoms. The van der Waals surface area contributed by atoms with Crippen molar-refractivity contribution in [3.63, 3.8) is 0 Å². The third-order valence-corrected chi connectivity index (χ3v) is 2.61. The molecule has 1 amide bonds. The Kier molecular flexibility index (Phi) is 6.17. The summed E-state index contributed by atoms with van der Waals surface area (Å²) in [5, 5.41) is 9.14. The number of hydrogen-bond acceptors (Lipinski definition) is 4. The highest BCUT2D eigenvalue weighted by Crippen LogP contribution is 2.07. The van der Waals surface area contributed by atoms with E-state index in [0.29, 0.717) is 12.8 Å². The monoisotopic (exact) mass is 294 g/mol. The topological polar surface area (TPSA) is 87.7 Å². The SMILES string of the molecule is CC(C)(C)OC(=O)NNC(CCc1ccccc1)C(=O)O. The Morgan fingerprint density at radius 2 is 1.86 bits per heavy atom. The molecule has 21 heavy (non-hydrogen) atoms. The van der Waals surface area contributed by atoms with E-state index in [2.05, 4.69) is 10.9 Å². The van der Waals surface area contributed by atoms with E-state index in [0.717, 1.165) is 5.56 Å². The molecule has 1 aromatic rings. The number of carboxylic acids is 1. The highest BCUT2D eigenvalue weighted by Gasteiger charge is 2.20. The van der Waals surface area contributed by atoms with Gasteiger partial charge in [0, 0.05) is 0 Å². The van der Waals surface area contributed by atoms with Crippen LogP contribution in [0, 0.1) is 0 Å². The van der Waals surface area contributed by atoms with Crippen molar-refractivity contribution >= 4 is 12.1 Å². The first-order valence-corrected chi connectivity index (χ1v) is 6.79. The number of aliphatic carboxylic acids is 1. The zero-order chi connectivity index (χ0) is 15.9. The molecule has 0 saturated heterocycles. The number of rotatable bonds is 6. The largest absolute Gasteiger partial charge is 0.480 e. The second kappa shape index (κ2) is 7.64. The lowest BCUT2D eigenvalue weighted by molar-refractivity contribution is -0.139. The zero-order valence-corrected chi connectivity index (χ0v) is 12.6. The van der Waals surface area contributed by atoms with E-state index in [1.807, 2.05) is 30.3 Å². The number of nitrogens with one attached hydrogen (secondary N) is 2. The van der Waals surface area contributed by atoms with Crippen LogP contribution in [0.5, 0.6) is 0 Å². The van der Waals surface area contributed by atoms with Crippen LogP contribution in [0.3, 0.4) is 0 Å². The molecule has 0 aliphatic heterocycles. The van der Waals surface area contributed by atoms with Gasteiger partial charge in [0.2, 0.25) is 0 Å². The number of hydrogen-bond donors (Lipinski definition) is 3. The van der Waals surface area contributed by atoms with Crippen molar-refractivity contribution in [2.45, 2.75) is 45.3 Å². The van der Waals surface area contributed by atoms with Gasteiger partial charge in [0.05, 0.1) is 0 Å². The van der Waals surface area contributed by atoms with E-state index >= 15 is 0 Å². The molecule has 0 bridgehead atoms. The van der Waals surface area contributed by atoms with Crippen LogP contribution >= 0.6 is 0 Å². The normalized spacial score (nSPS) is 12.5. The summed E-state index contributed by atoms with van der Waals surface area (Å²) in [6.45, 7) is 5.20. The fourth-order valence-electron chi connectivity index (χ4n) is 1.66. The van der Waals surface area contributed by atoms with Crippen molar-refractivity contribution in [2.24, 2.45) is 0 Å². The molecular formula is C15H22N2O4. The van der Waals surface area contributed by atoms with Crippen molar-refractivity contribution in [2.75, 3.05) is 0 Å². The molecule has 1 atom stereocenters. The molecule has 0 heterocycles. The van der Waals surface area contributed by atoms with Gasteiger partial charge in [-0.15, -0.1) is 0 Å². The van der Waals surface area contributed by atoms with Crippen molar-refractivity contribution in [3.05, 3.63) is 35.9 Å². The maximum Gasteiger partial charge on any atom is 0.422 e. The van der Waals surface area contributed by atoms with E-state index in [9.17, 15) is 9.59 Å². The lowest BCUT2D eigenvalue weighted by Crippen LogP contribution is -2.49. The van der Waals surface area contributed by atoms with Crippen molar-refractivity contribution in [1.82, 2.24) is 10.9 Å². The summed E-state index contributed by atoms with van der Waals surface area (Å²) in [7, 11) is 0. The van der Waals surface area contributed by atoms with Gasteiger partial charge in [-0.1, -0.05) is 30.3 Å². The summed E-state index contributed by atoms with van der Waals surface area (Å²) in [6.07, 6.45) is 0.254. The Hall–Kier alpha value is -2.08. The summed E-state index contributed by atoms with van der Waals surface area (Å²) < 4.78 is 5.03. The molecule has 1 aromatic carbocycles. The number of carbonyl (C=O) groups is 2. The molecule has 1 unspecified atom stereocenters. The van der Waals surface area contributed by atoms with Gasteiger partial charge in [-0.05, 0) is 39.2 Å². The third kappa shape index (κ3) is 7.31. The number of aryl methyl sites for hydroxylation is 1. The number of ether oxygens (including phenoxy) is 1. The van der Waals surface area contributed by atoms with Crippen LogP contribution in [-0.4, -0.2) is 28.8 Å². The Morgan fingerprint density at radius 1 is 1.24 bits per heavy atom. The minimum atomic E-state index is -1.03. The highest BCUT2D eigenvalue weighted by atomic mass is 16.6. The molecular weight excluding hydrogens is 272 g/mol.